The summed E-state index contributed by atoms with van der Waals surface area (Å²) < 4.78 is 5.62. The Balaban J connectivity index is 1.23. The number of carbonyl (C=O) groups is 1. The highest BCUT2D eigenvalue weighted by Gasteiger charge is 2.35. The first kappa shape index (κ1) is 27.2. The van der Waals surface area contributed by atoms with E-state index in [1.54, 1.807) is 7.11 Å². The third kappa shape index (κ3) is 7.16. The third-order valence-corrected chi connectivity index (χ3v) is 8.16. The van der Waals surface area contributed by atoms with E-state index in [1.165, 1.54) is 11.3 Å². The molecule has 0 spiro atoms. The number of methoxy groups -OCH3 is 1. The maximum absolute atomic E-state index is 12.9. The van der Waals surface area contributed by atoms with Gasteiger partial charge in [-0.05, 0) is 73.7 Å². The van der Waals surface area contributed by atoms with Crippen LogP contribution in [0.25, 0.3) is 0 Å². The largest absolute Gasteiger partial charge is 0.495 e. The normalized spacial score (nSPS) is 20.5. The number of amides is 1. The molecule has 2 fully saturated rings. The number of piperazine rings is 1. The van der Waals surface area contributed by atoms with Crippen molar-refractivity contribution in [3.05, 3.63) is 84.2 Å². The monoisotopic (exact) mass is 527 g/mol. The van der Waals surface area contributed by atoms with Gasteiger partial charge in [-0.15, -0.1) is 0 Å². The first-order valence-corrected chi connectivity index (χ1v) is 14.2. The van der Waals surface area contributed by atoms with Crippen LogP contribution in [0.2, 0.25) is 0 Å². The number of aromatic nitrogens is 1. The molecule has 5 rings (SSSR count). The molecule has 0 aliphatic carbocycles. The summed E-state index contributed by atoms with van der Waals surface area (Å²) in [7, 11) is 1.74. The number of hydrogen-bond acceptors (Lipinski definition) is 6. The molecule has 2 atom stereocenters. The number of nitrogens with zero attached hydrogens (tertiary/aromatic N) is 4. The molecule has 3 heterocycles. The number of aryl methyl sites for hydroxylation is 1. The molecule has 1 aromatic heterocycles. The Morgan fingerprint density at radius 2 is 1.87 bits per heavy atom. The lowest BCUT2D eigenvalue weighted by Gasteiger charge is -2.47. The van der Waals surface area contributed by atoms with Gasteiger partial charge in [0.15, 0.2) is 0 Å². The molecule has 2 aliphatic heterocycles. The lowest BCUT2D eigenvalue weighted by Crippen LogP contribution is -2.56. The number of para-hydroxylation sites is 2. The number of nitrogens with one attached hydrogen (secondary N) is 1. The van der Waals surface area contributed by atoms with Crippen molar-refractivity contribution in [2.75, 3.05) is 56.6 Å². The Kier molecular flexibility index (Phi) is 9.12. The van der Waals surface area contributed by atoms with E-state index in [2.05, 4.69) is 43.2 Å². The van der Waals surface area contributed by atoms with E-state index in [0.717, 1.165) is 75.7 Å². The maximum Gasteiger partial charge on any atom is 0.224 e. The molecule has 206 valence electrons. The quantitative estimate of drug-likeness (QED) is 0.430. The van der Waals surface area contributed by atoms with Crippen molar-refractivity contribution in [3.8, 4) is 5.75 Å². The summed E-state index contributed by atoms with van der Waals surface area (Å²) in [6, 6.07) is 21.0. The predicted molar refractivity (Wildman–Crippen MR) is 157 cm³/mol. The summed E-state index contributed by atoms with van der Waals surface area (Å²) in [5.74, 6) is 1.48. The van der Waals surface area contributed by atoms with Crippen LogP contribution in [0.1, 0.15) is 30.4 Å². The number of piperidine rings is 1. The van der Waals surface area contributed by atoms with Crippen LogP contribution in [0.4, 0.5) is 11.4 Å². The Morgan fingerprint density at radius 3 is 2.64 bits per heavy atom. The fourth-order valence-electron chi connectivity index (χ4n) is 6.20. The SMILES string of the molecule is COc1ccccc1N1CCN([C@H]2CCN(Cc3cccnc3)C[C@H]2CCC(=O)Nc2cccc(C)c2)CC1. The summed E-state index contributed by atoms with van der Waals surface area (Å²) in [6.07, 6.45) is 6.35. The molecule has 2 aromatic carbocycles. The van der Waals surface area contributed by atoms with E-state index >= 15 is 0 Å². The molecule has 7 heteroatoms. The van der Waals surface area contributed by atoms with Crippen LogP contribution in [0.5, 0.6) is 5.75 Å². The molecule has 2 aliphatic rings. The van der Waals surface area contributed by atoms with Crippen molar-refractivity contribution in [1.29, 1.82) is 0 Å². The Bertz CT molecular complexity index is 1210. The fraction of sp³-hybridized carbons (Fsp3) is 0.438. The molecule has 1 N–H and O–H groups in total. The number of benzene rings is 2. The summed E-state index contributed by atoms with van der Waals surface area (Å²) in [6.45, 7) is 9.05. The zero-order chi connectivity index (χ0) is 27.0. The van der Waals surface area contributed by atoms with Gasteiger partial charge in [-0.1, -0.05) is 30.3 Å². The highest BCUT2D eigenvalue weighted by molar-refractivity contribution is 5.90. The van der Waals surface area contributed by atoms with Gasteiger partial charge in [0.1, 0.15) is 5.75 Å². The van der Waals surface area contributed by atoms with Crippen LogP contribution in [0, 0.1) is 12.8 Å². The van der Waals surface area contributed by atoms with E-state index in [0.29, 0.717) is 18.4 Å². The Labute approximate surface area is 232 Å². The van der Waals surface area contributed by atoms with Crippen molar-refractivity contribution in [2.45, 2.75) is 38.8 Å². The smallest absolute Gasteiger partial charge is 0.224 e. The Morgan fingerprint density at radius 1 is 1.03 bits per heavy atom. The van der Waals surface area contributed by atoms with Crippen LogP contribution in [-0.4, -0.2) is 73.1 Å². The lowest BCUT2D eigenvalue weighted by molar-refractivity contribution is -0.116. The van der Waals surface area contributed by atoms with E-state index in [-0.39, 0.29) is 5.91 Å². The standard InChI is InChI=1S/C32H41N5O2/c1-25-7-5-9-28(21-25)34-32(38)13-12-27-24-35(23-26-8-6-15-33-22-26)16-14-29(27)36-17-19-37(20-18-36)30-10-3-4-11-31(30)39-2/h3-11,15,21-22,27,29H,12-14,16-20,23-24H2,1-2H3,(H,34,38)/t27-,29+/m1/s1. The second-order valence-electron chi connectivity index (χ2n) is 10.9. The van der Waals surface area contributed by atoms with E-state index in [9.17, 15) is 4.79 Å². The van der Waals surface area contributed by atoms with Crippen LogP contribution >= 0.6 is 0 Å². The molecule has 1 amide bonds. The molecule has 0 saturated carbocycles. The summed E-state index contributed by atoms with van der Waals surface area (Å²) in [5.41, 5.74) is 4.46. The van der Waals surface area contributed by atoms with Crippen molar-refractivity contribution >= 4 is 17.3 Å². The van der Waals surface area contributed by atoms with Crippen LogP contribution in [0.15, 0.2) is 73.1 Å². The topological polar surface area (TPSA) is 60.9 Å². The molecule has 0 radical (unpaired) electrons. The number of ether oxygens (including phenoxy) is 1. The van der Waals surface area contributed by atoms with Crippen molar-refractivity contribution in [1.82, 2.24) is 14.8 Å². The van der Waals surface area contributed by atoms with Gasteiger partial charge in [0, 0.05) is 69.8 Å². The minimum atomic E-state index is 0.102. The van der Waals surface area contributed by atoms with Gasteiger partial charge in [0.05, 0.1) is 12.8 Å². The number of pyridine rings is 1. The molecule has 39 heavy (non-hydrogen) atoms. The third-order valence-electron chi connectivity index (χ3n) is 8.16. The van der Waals surface area contributed by atoms with Gasteiger partial charge < -0.3 is 15.0 Å². The second-order valence-corrected chi connectivity index (χ2v) is 10.9. The van der Waals surface area contributed by atoms with E-state index in [4.69, 9.17) is 4.74 Å². The van der Waals surface area contributed by atoms with Crippen molar-refractivity contribution in [2.24, 2.45) is 5.92 Å². The number of carbonyl (C=O) groups excluding carboxylic acids is 1. The number of hydrogen-bond donors (Lipinski definition) is 1. The van der Waals surface area contributed by atoms with Gasteiger partial charge in [-0.2, -0.15) is 0 Å². The van der Waals surface area contributed by atoms with Crippen molar-refractivity contribution < 1.29 is 9.53 Å². The van der Waals surface area contributed by atoms with Gasteiger partial charge in [-0.25, -0.2) is 0 Å². The van der Waals surface area contributed by atoms with E-state index in [1.807, 2.05) is 61.8 Å². The second kappa shape index (κ2) is 13.1. The zero-order valence-electron chi connectivity index (χ0n) is 23.3. The number of anilines is 2. The molecule has 0 bridgehead atoms. The summed E-state index contributed by atoms with van der Waals surface area (Å²) >= 11 is 0. The lowest BCUT2D eigenvalue weighted by atomic mass is 9.86. The first-order valence-electron chi connectivity index (χ1n) is 14.2. The zero-order valence-corrected chi connectivity index (χ0v) is 23.3. The molecular formula is C32H41N5O2. The predicted octanol–water partition coefficient (Wildman–Crippen LogP) is 4.83. The molecule has 7 nitrogen and oxygen atoms in total. The molecule has 2 saturated heterocycles. The maximum atomic E-state index is 12.9. The number of likely N-dealkylation sites (tertiary alicyclic amines) is 1. The Hall–Kier alpha value is -3.42. The van der Waals surface area contributed by atoms with Gasteiger partial charge in [-0.3, -0.25) is 19.6 Å². The highest BCUT2D eigenvalue weighted by Crippen LogP contribution is 2.32. The van der Waals surface area contributed by atoms with Gasteiger partial charge in [0.25, 0.3) is 0 Å². The van der Waals surface area contributed by atoms with Crippen LogP contribution in [0.3, 0.4) is 0 Å². The van der Waals surface area contributed by atoms with E-state index < -0.39 is 0 Å². The summed E-state index contributed by atoms with van der Waals surface area (Å²) in [4.78, 5) is 24.9. The first-order chi connectivity index (χ1) is 19.1. The van der Waals surface area contributed by atoms with Crippen molar-refractivity contribution in [3.63, 3.8) is 0 Å². The summed E-state index contributed by atoms with van der Waals surface area (Å²) in [5, 5.41) is 3.11. The molecule has 0 unspecified atom stereocenters. The minimum absolute atomic E-state index is 0.102. The highest BCUT2D eigenvalue weighted by atomic mass is 16.5. The minimum Gasteiger partial charge on any atom is -0.495 e. The van der Waals surface area contributed by atoms with Gasteiger partial charge in [0.2, 0.25) is 5.91 Å². The average Bonchev–Trinajstić information content (AvgIpc) is 2.97. The van der Waals surface area contributed by atoms with Gasteiger partial charge >= 0.3 is 0 Å². The van der Waals surface area contributed by atoms with Crippen LogP contribution in [-0.2, 0) is 11.3 Å². The number of rotatable bonds is 9. The fourth-order valence-corrected chi connectivity index (χ4v) is 6.20. The van der Waals surface area contributed by atoms with Crippen LogP contribution < -0.4 is 15.0 Å². The molecular weight excluding hydrogens is 486 g/mol. The average molecular weight is 528 g/mol. The molecule has 3 aromatic rings.